The van der Waals surface area contributed by atoms with Crippen LogP contribution in [0.1, 0.15) is 22.3 Å². The number of fused-ring (bicyclic) bond motifs is 1. The van der Waals surface area contributed by atoms with E-state index in [1.54, 1.807) is 54.7 Å². The van der Waals surface area contributed by atoms with E-state index < -0.39 is 15.7 Å². The van der Waals surface area contributed by atoms with Gasteiger partial charge < -0.3 is 16.0 Å². The first-order valence-electron chi connectivity index (χ1n) is 10.7. The Kier molecular flexibility index (Phi) is 6.47. The van der Waals surface area contributed by atoms with Gasteiger partial charge in [0.05, 0.1) is 16.0 Å². The number of hydrogen-bond acceptors (Lipinski definition) is 6. The van der Waals surface area contributed by atoms with Crippen molar-refractivity contribution in [2.24, 2.45) is 5.73 Å². The number of carbonyl (C=O) groups excluding carboxylic acids is 1. The Hall–Kier alpha value is -3.98. The molecule has 4 rings (SSSR count). The summed E-state index contributed by atoms with van der Waals surface area (Å²) < 4.78 is 24.0. The monoisotopic (exact) mass is 476 g/mol. The number of rotatable bonds is 8. The van der Waals surface area contributed by atoms with Gasteiger partial charge in [0.2, 0.25) is 5.91 Å². The maximum Gasteiger partial charge on any atom is 0.259 e. The number of amides is 1. The number of hydrogen-bond donors (Lipinski definition) is 3. The van der Waals surface area contributed by atoms with Crippen LogP contribution < -0.4 is 16.6 Å². The number of benzene rings is 2. The molecule has 0 saturated carbocycles. The first-order chi connectivity index (χ1) is 16.2. The number of pyridine rings is 2. The first kappa shape index (κ1) is 23.2. The summed E-state index contributed by atoms with van der Waals surface area (Å²) in [7, 11) is -3.37. The fourth-order valence-electron chi connectivity index (χ4n) is 3.71. The highest BCUT2D eigenvalue weighted by molar-refractivity contribution is 7.90. The predicted molar refractivity (Wildman–Crippen MR) is 133 cm³/mol. The summed E-state index contributed by atoms with van der Waals surface area (Å²) in [6.07, 6.45) is 4.25. The molecule has 8 nitrogen and oxygen atoms in total. The van der Waals surface area contributed by atoms with Crippen molar-refractivity contribution in [2.75, 3.05) is 18.1 Å². The molecule has 9 heteroatoms. The van der Waals surface area contributed by atoms with Crippen molar-refractivity contribution >= 4 is 32.3 Å². The first-order valence-corrected chi connectivity index (χ1v) is 12.6. The molecule has 0 bridgehead atoms. The zero-order valence-electron chi connectivity index (χ0n) is 18.5. The number of aromatic nitrogens is 2. The van der Waals surface area contributed by atoms with Gasteiger partial charge in [0.15, 0.2) is 9.84 Å². The van der Waals surface area contributed by atoms with E-state index in [0.717, 1.165) is 24.7 Å². The van der Waals surface area contributed by atoms with Crippen molar-refractivity contribution in [1.29, 1.82) is 0 Å². The molecule has 0 atom stereocenters. The Morgan fingerprint density at radius 3 is 2.56 bits per heavy atom. The number of nitrogens with one attached hydrogen (secondary N) is 2. The Balaban J connectivity index is 1.59. The zero-order chi connectivity index (χ0) is 24.3. The standard InChI is InChI=1S/C25H24N4O4S/c1-34(32,33)20-6-2-5-18(14-20)21-15-19-11-13-28-25(31)22(19)24(29-21)27-12-3-4-16-7-9-17(10-8-16)23(26)30/h2,5-11,13-15H,3-4,12H2,1H3,(H2,26,30)(H,27,29)(H,28,31). The number of sulfone groups is 1. The molecule has 1 amide bonds. The van der Waals surface area contributed by atoms with Gasteiger partial charge in [-0.2, -0.15) is 0 Å². The quantitative estimate of drug-likeness (QED) is 0.334. The van der Waals surface area contributed by atoms with E-state index in [0.29, 0.717) is 40.0 Å². The normalized spacial score (nSPS) is 11.4. The summed E-state index contributed by atoms with van der Waals surface area (Å²) in [6, 6.07) is 17.3. The van der Waals surface area contributed by atoms with E-state index in [9.17, 15) is 18.0 Å². The fourth-order valence-corrected chi connectivity index (χ4v) is 4.38. The van der Waals surface area contributed by atoms with Crippen LogP contribution >= 0.6 is 0 Å². The van der Waals surface area contributed by atoms with Crippen molar-refractivity contribution in [1.82, 2.24) is 9.97 Å². The lowest BCUT2D eigenvalue weighted by Crippen LogP contribution is -2.12. The van der Waals surface area contributed by atoms with Crippen LogP contribution in [0, 0.1) is 0 Å². The number of carbonyl (C=O) groups is 1. The van der Waals surface area contributed by atoms with Gasteiger partial charge in [0.25, 0.3) is 5.56 Å². The molecule has 2 heterocycles. The molecule has 0 unspecified atom stereocenters. The molecule has 34 heavy (non-hydrogen) atoms. The molecule has 4 aromatic rings. The van der Waals surface area contributed by atoms with Gasteiger partial charge in [-0.1, -0.05) is 24.3 Å². The summed E-state index contributed by atoms with van der Waals surface area (Å²) >= 11 is 0. The van der Waals surface area contributed by atoms with Gasteiger partial charge >= 0.3 is 0 Å². The maximum atomic E-state index is 12.5. The van der Waals surface area contributed by atoms with Crippen LogP contribution in [0.5, 0.6) is 0 Å². The second-order valence-electron chi connectivity index (χ2n) is 8.02. The van der Waals surface area contributed by atoms with Crippen LogP contribution in [-0.2, 0) is 16.3 Å². The van der Waals surface area contributed by atoms with Crippen LogP contribution in [0.15, 0.2) is 76.6 Å². The number of aryl methyl sites for hydroxylation is 1. The average molecular weight is 477 g/mol. The predicted octanol–water partition coefficient (Wildman–Crippen LogP) is 3.14. The van der Waals surface area contributed by atoms with Gasteiger partial charge in [0, 0.05) is 30.1 Å². The molecule has 0 saturated heterocycles. The zero-order valence-corrected chi connectivity index (χ0v) is 19.4. The van der Waals surface area contributed by atoms with E-state index in [-0.39, 0.29) is 10.5 Å². The second kappa shape index (κ2) is 9.48. The molecule has 0 radical (unpaired) electrons. The minimum Gasteiger partial charge on any atom is -0.369 e. The Labute approximate surface area is 196 Å². The van der Waals surface area contributed by atoms with Gasteiger partial charge in [-0.3, -0.25) is 9.59 Å². The number of nitrogens with zero attached hydrogens (tertiary/aromatic N) is 1. The van der Waals surface area contributed by atoms with Gasteiger partial charge in [-0.15, -0.1) is 0 Å². The molecular formula is C25H24N4O4S. The van der Waals surface area contributed by atoms with E-state index in [1.807, 2.05) is 12.1 Å². The van der Waals surface area contributed by atoms with Crippen molar-refractivity contribution in [2.45, 2.75) is 17.7 Å². The molecular weight excluding hydrogens is 452 g/mol. The largest absolute Gasteiger partial charge is 0.369 e. The third kappa shape index (κ3) is 5.15. The minimum absolute atomic E-state index is 0.203. The Morgan fingerprint density at radius 2 is 1.85 bits per heavy atom. The molecule has 0 aliphatic carbocycles. The molecule has 0 aliphatic heterocycles. The lowest BCUT2D eigenvalue weighted by atomic mass is 10.1. The molecule has 0 fully saturated rings. The van der Waals surface area contributed by atoms with E-state index in [2.05, 4.69) is 15.3 Å². The van der Waals surface area contributed by atoms with Crippen molar-refractivity contribution in [3.63, 3.8) is 0 Å². The number of primary amides is 1. The van der Waals surface area contributed by atoms with Crippen LogP contribution in [0.25, 0.3) is 22.0 Å². The van der Waals surface area contributed by atoms with Crippen LogP contribution in [0.4, 0.5) is 5.82 Å². The molecule has 174 valence electrons. The Bertz CT molecular complexity index is 1530. The lowest BCUT2D eigenvalue weighted by Gasteiger charge is -2.12. The highest BCUT2D eigenvalue weighted by Gasteiger charge is 2.13. The topological polar surface area (TPSA) is 135 Å². The summed E-state index contributed by atoms with van der Waals surface area (Å²) in [5.74, 6) is -0.0264. The smallest absolute Gasteiger partial charge is 0.259 e. The van der Waals surface area contributed by atoms with Crippen molar-refractivity contribution in [3.8, 4) is 11.3 Å². The lowest BCUT2D eigenvalue weighted by molar-refractivity contribution is 0.1000. The van der Waals surface area contributed by atoms with Gasteiger partial charge in [0.1, 0.15) is 5.82 Å². The third-order valence-electron chi connectivity index (χ3n) is 5.49. The number of H-pyrrole nitrogens is 1. The number of nitrogens with two attached hydrogens (primary N) is 1. The highest BCUT2D eigenvalue weighted by Crippen LogP contribution is 2.27. The summed E-state index contributed by atoms with van der Waals surface area (Å²) in [6.45, 7) is 0.556. The Morgan fingerprint density at radius 1 is 1.09 bits per heavy atom. The number of anilines is 1. The number of aromatic amines is 1. The highest BCUT2D eigenvalue weighted by atomic mass is 32.2. The summed E-state index contributed by atoms with van der Waals surface area (Å²) in [4.78, 5) is 31.3. The minimum atomic E-state index is -3.37. The average Bonchev–Trinajstić information content (AvgIpc) is 2.81. The summed E-state index contributed by atoms with van der Waals surface area (Å²) in [5.41, 5.74) is 7.75. The van der Waals surface area contributed by atoms with Crippen molar-refractivity contribution < 1.29 is 13.2 Å². The second-order valence-corrected chi connectivity index (χ2v) is 10.0. The molecule has 0 spiro atoms. The fraction of sp³-hybridized carbons (Fsp3) is 0.160. The summed E-state index contributed by atoms with van der Waals surface area (Å²) in [5, 5.41) is 4.40. The van der Waals surface area contributed by atoms with E-state index in [4.69, 9.17) is 5.73 Å². The molecule has 2 aromatic carbocycles. The maximum absolute atomic E-state index is 12.5. The van der Waals surface area contributed by atoms with E-state index >= 15 is 0 Å². The van der Waals surface area contributed by atoms with E-state index in [1.165, 1.54) is 0 Å². The van der Waals surface area contributed by atoms with Crippen LogP contribution in [0.2, 0.25) is 0 Å². The van der Waals surface area contributed by atoms with Crippen molar-refractivity contribution in [3.05, 3.63) is 88.3 Å². The van der Waals surface area contributed by atoms with Gasteiger partial charge in [-0.25, -0.2) is 13.4 Å². The molecule has 0 aliphatic rings. The van der Waals surface area contributed by atoms with Crippen LogP contribution in [-0.4, -0.2) is 37.1 Å². The SMILES string of the molecule is CS(=O)(=O)c1cccc(-c2cc3cc[nH]c(=O)c3c(NCCCc3ccc(C(N)=O)cc3)n2)c1. The van der Waals surface area contributed by atoms with Gasteiger partial charge in [-0.05, 0) is 60.2 Å². The molecule has 4 N–H and O–H groups in total. The van der Waals surface area contributed by atoms with Crippen LogP contribution in [0.3, 0.4) is 0 Å². The third-order valence-corrected chi connectivity index (χ3v) is 6.60. The molecule has 2 aromatic heterocycles.